The molecule has 74 valence electrons. The molecule has 2 rings (SSSR count). The zero-order chi connectivity index (χ0) is 9.73. The molecule has 0 aromatic heterocycles. The van der Waals surface area contributed by atoms with Gasteiger partial charge >= 0.3 is 0 Å². The molecular weight excluding hydrogens is 156 g/mol. The predicted molar refractivity (Wildman–Crippen MR) is 59.8 cm³/mol. The summed E-state index contributed by atoms with van der Waals surface area (Å²) in [6.07, 6.45) is 13.7. The second-order valence-electron chi connectivity index (χ2n) is 4.25. The summed E-state index contributed by atoms with van der Waals surface area (Å²) in [5.41, 5.74) is 2.27. The van der Waals surface area contributed by atoms with Crippen LogP contribution in [0.25, 0.3) is 0 Å². The van der Waals surface area contributed by atoms with Crippen molar-refractivity contribution < 1.29 is 0 Å². The van der Waals surface area contributed by atoms with Crippen LogP contribution in [0, 0.1) is 5.41 Å². The Bertz CT molecular complexity index is 204. The Morgan fingerprint density at radius 3 is 2.38 bits per heavy atom. The molecule has 2 aliphatic rings. The van der Waals surface area contributed by atoms with Gasteiger partial charge in [-0.05, 0) is 37.5 Å². The van der Waals surface area contributed by atoms with E-state index in [2.05, 4.69) is 25.2 Å². The summed E-state index contributed by atoms with van der Waals surface area (Å²) in [7, 11) is 0. The van der Waals surface area contributed by atoms with E-state index in [9.17, 15) is 0 Å². The molecule has 0 heteroatoms. The molecule has 1 saturated carbocycles. The van der Waals surface area contributed by atoms with Crippen LogP contribution in [0.2, 0.25) is 0 Å². The summed E-state index contributed by atoms with van der Waals surface area (Å²) in [6, 6.07) is 0. The van der Waals surface area contributed by atoms with Crippen molar-refractivity contribution in [3.05, 3.63) is 23.8 Å². The average Bonchev–Trinajstić information content (AvgIpc) is 2.88. The van der Waals surface area contributed by atoms with Crippen molar-refractivity contribution in [1.29, 1.82) is 0 Å². The Kier molecular flexibility index (Phi) is 3.77. The Labute approximate surface area is 82.7 Å². The normalized spacial score (nSPS) is 22.8. The molecule has 0 heterocycles. The Balaban J connectivity index is 0.000000396. The lowest BCUT2D eigenvalue weighted by Crippen LogP contribution is -1.95. The molecule has 2 aliphatic carbocycles. The van der Waals surface area contributed by atoms with Crippen molar-refractivity contribution in [1.82, 2.24) is 0 Å². The first-order chi connectivity index (χ1) is 6.29. The monoisotopic (exact) mass is 178 g/mol. The maximum Gasteiger partial charge on any atom is -0.0228 e. The average molecular weight is 178 g/mol. The third kappa shape index (κ3) is 3.38. The van der Waals surface area contributed by atoms with E-state index in [4.69, 9.17) is 0 Å². The Hall–Kier alpha value is -0.520. The van der Waals surface area contributed by atoms with Crippen LogP contribution in [0.5, 0.6) is 0 Å². The highest BCUT2D eigenvalue weighted by Gasteiger charge is 2.37. The van der Waals surface area contributed by atoms with Gasteiger partial charge in [0.25, 0.3) is 0 Å². The van der Waals surface area contributed by atoms with Gasteiger partial charge in [0.15, 0.2) is 0 Å². The van der Waals surface area contributed by atoms with Crippen LogP contribution in [0.4, 0.5) is 0 Å². The van der Waals surface area contributed by atoms with E-state index in [1.54, 1.807) is 5.57 Å². The highest BCUT2D eigenvalue weighted by atomic mass is 14.4. The van der Waals surface area contributed by atoms with Gasteiger partial charge in [-0.2, -0.15) is 0 Å². The summed E-state index contributed by atoms with van der Waals surface area (Å²) >= 11 is 0. The SMILES string of the molecule is CC.CC1(CC2=CCCC=C2)CC1. The van der Waals surface area contributed by atoms with E-state index in [0.29, 0.717) is 5.41 Å². The van der Waals surface area contributed by atoms with Crippen molar-refractivity contribution in [2.75, 3.05) is 0 Å². The fraction of sp³-hybridized carbons (Fsp3) is 0.692. The zero-order valence-corrected chi connectivity index (χ0v) is 9.27. The van der Waals surface area contributed by atoms with Crippen LogP contribution in [0.15, 0.2) is 23.8 Å². The molecule has 0 N–H and O–H groups in total. The molecule has 0 radical (unpaired) electrons. The second kappa shape index (κ2) is 4.64. The van der Waals surface area contributed by atoms with Crippen molar-refractivity contribution in [2.24, 2.45) is 5.41 Å². The molecule has 0 amide bonds. The number of hydrogen-bond donors (Lipinski definition) is 0. The molecular formula is C13H22. The van der Waals surface area contributed by atoms with Gasteiger partial charge in [-0.1, -0.05) is 44.6 Å². The van der Waals surface area contributed by atoms with Crippen LogP contribution in [-0.2, 0) is 0 Å². The summed E-state index contributed by atoms with van der Waals surface area (Å²) in [6.45, 7) is 6.40. The molecule has 0 atom stereocenters. The lowest BCUT2D eigenvalue weighted by Gasteiger charge is -2.11. The van der Waals surface area contributed by atoms with Gasteiger partial charge in [0.2, 0.25) is 0 Å². The van der Waals surface area contributed by atoms with E-state index in [-0.39, 0.29) is 0 Å². The molecule has 0 spiro atoms. The molecule has 0 bridgehead atoms. The third-order valence-corrected chi connectivity index (χ3v) is 2.81. The number of hydrogen-bond acceptors (Lipinski definition) is 0. The van der Waals surface area contributed by atoms with Gasteiger partial charge in [0, 0.05) is 0 Å². The minimum atomic E-state index is 0.688. The standard InChI is InChI=1S/C11H16.C2H6/c1-11(7-8-11)9-10-5-3-2-4-6-10;1-2/h3,5-6H,2,4,7-9H2,1H3;1-2H3. The van der Waals surface area contributed by atoms with Gasteiger partial charge in [-0.25, -0.2) is 0 Å². The summed E-state index contributed by atoms with van der Waals surface area (Å²) < 4.78 is 0. The van der Waals surface area contributed by atoms with E-state index in [0.717, 1.165) is 0 Å². The van der Waals surface area contributed by atoms with Gasteiger partial charge < -0.3 is 0 Å². The number of allylic oxidation sites excluding steroid dienone is 4. The molecule has 0 unspecified atom stereocenters. The molecule has 0 aromatic rings. The molecule has 0 nitrogen and oxygen atoms in total. The topological polar surface area (TPSA) is 0 Å². The smallest absolute Gasteiger partial charge is 0.0228 e. The fourth-order valence-corrected chi connectivity index (χ4v) is 1.68. The van der Waals surface area contributed by atoms with Crippen molar-refractivity contribution in [3.63, 3.8) is 0 Å². The van der Waals surface area contributed by atoms with Crippen LogP contribution in [0.3, 0.4) is 0 Å². The van der Waals surface area contributed by atoms with Gasteiger partial charge in [-0.3, -0.25) is 0 Å². The molecule has 1 fully saturated rings. The predicted octanol–water partition coefficient (Wildman–Crippen LogP) is 4.48. The van der Waals surface area contributed by atoms with Gasteiger partial charge in [-0.15, -0.1) is 0 Å². The first-order valence-electron chi connectivity index (χ1n) is 5.64. The van der Waals surface area contributed by atoms with Crippen molar-refractivity contribution >= 4 is 0 Å². The Morgan fingerprint density at radius 1 is 1.23 bits per heavy atom. The lowest BCUT2D eigenvalue weighted by atomic mass is 9.95. The molecule has 0 aliphatic heterocycles. The molecule has 0 aromatic carbocycles. The number of rotatable bonds is 2. The first kappa shape index (κ1) is 10.6. The molecule has 13 heavy (non-hydrogen) atoms. The van der Waals surface area contributed by atoms with E-state index in [1.807, 2.05) is 13.8 Å². The zero-order valence-electron chi connectivity index (χ0n) is 9.27. The quantitative estimate of drug-likeness (QED) is 0.585. The van der Waals surface area contributed by atoms with Gasteiger partial charge in [0.05, 0.1) is 0 Å². The summed E-state index contributed by atoms with van der Waals surface area (Å²) in [4.78, 5) is 0. The maximum atomic E-state index is 2.41. The third-order valence-electron chi connectivity index (χ3n) is 2.81. The lowest BCUT2D eigenvalue weighted by molar-refractivity contribution is 0.570. The van der Waals surface area contributed by atoms with E-state index >= 15 is 0 Å². The van der Waals surface area contributed by atoms with Gasteiger partial charge in [0.1, 0.15) is 0 Å². The summed E-state index contributed by atoms with van der Waals surface area (Å²) in [5.74, 6) is 0. The van der Waals surface area contributed by atoms with E-state index in [1.165, 1.54) is 32.1 Å². The highest BCUT2D eigenvalue weighted by molar-refractivity contribution is 5.24. The van der Waals surface area contributed by atoms with Crippen molar-refractivity contribution in [2.45, 2.75) is 52.9 Å². The second-order valence-corrected chi connectivity index (χ2v) is 4.25. The largest absolute Gasteiger partial charge is 0.0840 e. The summed E-state index contributed by atoms with van der Waals surface area (Å²) in [5, 5.41) is 0. The first-order valence-corrected chi connectivity index (χ1v) is 5.64. The highest BCUT2D eigenvalue weighted by Crippen LogP contribution is 2.50. The Morgan fingerprint density at radius 2 is 1.92 bits per heavy atom. The van der Waals surface area contributed by atoms with E-state index < -0.39 is 0 Å². The van der Waals surface area contributed by atoms with Crippen LogP contribution >= 0.6 is 0 Å². The van der Waals surface area contributed by atoms with Crippen LogP contribution < -0.4 is 0 Å². The fourth-order valence-electron chi connectivity index (χ4n) is 1.68. The van der Waals surface area contributed by atoms with Crippen LogP contribution in [-0.4, -0.2) is 0 Å². The maximum absolute atomic E-state index is 2.41. The van der Waals surface area contributed by atoms with Crippen LogP contribution in [0.1, 0.15) is 52.9 Å². The minimum Gasteiger partial charge on any atom is -0.0840 e. The molecule has 0 saturated heterocycles. The van der Waals surface area contributed by atoms with Crippen molar-refractivity contribution in [3.8, 4) is 0 Å². The minimum absolute atomic E-state index is 0.688.